The van der Waals surface area contributed by atoms with E-state index in [0.717, 1.165) is 18.6 Å². The normalized spacial score (nSPS) is 10.3. The van der Waals surface area contributed by atoms with E-state index in [4.69, 9.17) is 4.74 Å². The van der Waals surface area contributed by atoms with Gasteiger partial charge in [-0.1, -0.05) is 25.1 Å². The molecule has 1 aromatic carbocycles. The summed E-state index contributed by atoms with van der Waals surface area (Å²) in [6.07, 6.45) is 5.26. The summed E-state index contributed by atoms with van der Waals surface area (Å²) < 4.78 is 5.08. The van der Waals surface area contributed by atoms with Crippen molar-refractivity contribution in [2.45, 2.75) is 19.8 Å². The minimum Gasteiger partial charge on any atom is -0.497 e. The number of ether oxygens (including phenoxy) is 1. The number of urea groups is 1. The van der Waals surface area contributed by atoms with Crippen molar-refractivity contribution >= 4 is 6.03 Å². The number of allylic oxidation sites excluding steroid dienone is 1. The molecule has 0 atom stereocenters. The Morgan fingerprint density at radius 3 is 2.67 bits per heavy atom. The fourth-order valence-corrected chi connectivity index (χ4v) is 1.42. The Labute approximate surface area is 108 Å². The minimum atomic E-state index is -0.173. The number of hydrogen-bond acceptors (Lipinski definition) is 2. The van der Waals surface area contributed by atoms with E-state index in [-0.39, 0.29) is 6.03 Å². The molecular weight excluding hydrogens is 228 g/mol. The van der Waals surface area contributed by atoms with Gasteiger partial charge in [-0.05, 0) is 30.5 Å². The summed E-state index contributed by atoms with van der Waals surface area (Å²) >= 11 is 0. The van der Waals surface area contributed by atoms with E-state index >= 15 is 0 Å². The van der Waals surface area contributed by atoms with Gasteiger partial charge in [0.1, 0.15) is 5.75 Å². The lowest BCUT2D eigenvalue weighted by molar-refractivity contribution is 0.244. The van der Waals surface area contributed by atoms with Crippen LogP contribution < -0.4 is 15.4 Å². The van der Waals surface area contributed by atoms with Crippen molar-refractivity contribution in [3.63, 3.8) is 0 Å². The third-order valence-electron chi connectivity index (χ3n) is 2.43. The van der Waals surface area contributed by atoms with Crippen LogP contribution in [0.3, 0.4) is 0 Å². The van der Waals surface area contributed by atoms with Crippen LogP contribution in [0.25, 0.3) is 0 Å². The van der Waals surface area contributed by atoms with Gasteiger partial charge < -0.3 is 15.4 Å². The zero-order chi connectivity index (χ0) is 13.2. The molecule has 0 aliphatic heterocycles. The van der Waals surface area contributed by atoms with Gasteiger partial charge in [0.2, 0.25) is 0 Å². The highest BCUT2D eigenvalue weighted by molar-refractivity contribution is 5.74. The quantitative estimate of drug-likeness (QED) is 0.812. The van der Waals surface area contributed by atoms with Crippen molar-refractivity contribution in [3.05, 3.63) is 42.1 Å². The zero-order valence-corrected chi connectivity index (χ0v) is 10.9. The largest absolute Gasteiger partial charge is 0.497 e. The van der Waals surface area contributed by atoms with Gasteiger partial charge in [0.15, 0.2) is 0 Å². The van der Waals surface area contributed by atoms with E-state index in [9.17, 15) is 4.79 Å². The minimum absolute atomic E-state index is 0.173. The summed E-state index contributed by atoms with van der Waals surface area (Å²) in [5.74, 6) is 0.842. The van der Waals surface area contributed by atoms with Gasteiger partial charge in [-0.25, -0.2) is 4.79 Å². The summed E-state index contributed by atoms with van der Waals surface area (Å²) in [6.45, 7) is 2.62. The Morgan fingerprint density at radius 1 is 1.33 bits per heavy atom. The number of carbonyl (C=O) groups is 1. The number of carbonyl (C=O) groups excluding carboxylic acids is 1. The van der Waals surface area contributed by atoms with Crippen LogP contribution in [-0.4, -0.2) is 19.7 Å². The topological polar surface area (TPSA) is 50.4 Å². The molecule has 0 heterocycles. The Balaban J connectivity index is 2.24. The second-order valence-corrected chi connectivity index (χ2v) is 3.81. The van der Waals surface area contributed by atoms with Gasteiger partial charge >= 0.3 is 6.03 Å². The van der Waals surface area contributed by atoms with Crippen LogP contribution >= 0.6 is 0 Å². The SMILES string of the molecule is CC/C=C/NC(=O)NCCc1ccc(OC)cc1. The first-order chi connectivity index (χ1) is 8.76. The third-order valence-corrected chi connectivity index (χ3v) is 2.43. The second-order valence-electron chi connectivity index (χ2n) is 3.81. The highest BCUT2D eigenvalue weighted by Gasteiger charge is 1.97. The van der Waals surface area contributed by atoms with E-state index in [0.29, 0.717) is 6.54 Å². The van der Waals surface area contributed by atoms with E-state index < -0.39 is 0 Å². The Morgan fingerprint density at radius 2 is 2.06 bits per heavy atom. The van der Waals surface area contributed by atoms with Crippen molar-refractivity contribution in [1.29, 1.82) is 0 Å². The summed E-state index contributed by atoms with van der Waals surface area (Å²) in [6, 6.07) is 7.65. The molecule has 0 fully saturated rings. The number of nitrogens with one attached hydrogen (secondary N) is 2. The second kappa shape index (κ2) is 8.17. The first kappa shape index (κ1) is 14.1. The Hall–Kier alpha value is -1.97. The van der Waals surface area contributed by atoms with Crippen LogP contribution in [-0.2, 0) is 6.42 Å². The lowest BCUT2D eigenvalue weighted by Crippen LogP contribution is -2.33. The molecule has 0 saturated heterocycles. The monoisotopic (exact) mass is 248 g/mol. The van der Waals surface area contributed by atoms with Gasteiger partial charge in [0.05, 0.1) is 7.11 Å². The van der Waals surface area contributed by atoms with Crippen LogP contribution in [0.2, 0.25) is 0 Å². The molecule has 0 aromatic heterocycles. The average molecular weight is 248 g/mol. The number of rotatable bonds is 6. The molecule has 0 saturated carbocycles. The molecule has 0 bridgehead atoms. The van der Waals surface area contributed by atoms with Crippen LogP contribution in [0.4, 0.5) is 4.79 Å². The highest BCUT2D eigenvalue weighted by atomic mass is 16.5. The number of amides is 2. The van der Waals surface area contributed by atoms with E-state index in [1.54, 1.807) is 13.3 Å². The van der Waals surface area contributed by atoms with E-state index in [2.05, 4.69) is 10.6 Å². The van der Waals surface area contributed by atoms with E-state index in [1.165, 1.54) is 5.56 Å². The number of benzene rings is 1. The first-order valence-corrected chi connectivity index (χ1v) is 6.08. The van der Waals surface area contributed by atoms with Crippen molar-refractivity contribution in [3.8, 4) is 5.75 Å². The zero-order valence-electron chi connectivity index (χ0n) is 10.9. The summed E-state index contributed by atoms with van der Waals surface area (Å²) in [5.41, 5.74) is 1.17. The summed E-state index contributed by atoms with van der Waals surface area (Å²) in [4.78, 5) is 11.3. The van der Waals surface area contributed by atoms with Gasteiger partial charge in [0.25, 0.3) is 0 Å². The predicted molar refractivity (Wildman–Crippen MR) is 72.7 cm³/mol. The summed E-state index contributed by atoms with van der Waals surface area (Å²) in [7, 11) is 1.64. The highest BCUT2D eigenvalue weighted by Crippen LogP contribution is 2.11. The first-order valence-electron chi connectivity index (χ1n) is 6.08. The maximum absolute atomic E-state index is 11.3. The lowest BCUT2D eigenvalue weighted by Gasteiger charge is -2.05. The predicted octanol–water partition coefficient (Wildman–Crippen LogP) is 2.46. The Kier molecular flexibility index (Phi) is 6.40. The summed E-state index contributed by atoms with van der Waals surface area (Å²) in [5, 5.41) is 5.42. The van der Waals surface area contributed by atoms with Gasteiger partial charge in [-0.15, -0.1) is 0 Å². The van der Waals surface area contributed by atoms with E-state index in [1.807, 2.05) is 37.3 Å². The number of methoxy groups -OCH3 is 1. The van der Waals surface area contributed by atoms with Gasteiger partial charge in [-0.3, -0.25) is 0 Å². The van der Waals surface area contributed by atoms with Crippen molar-refractivity contribution < 1.29 is 9.53 Å². The molecule has 4 heteroatoms. The molecule has 0 aliphatic carbocycles. The van der Waals surface area contributed by atoms with Crippen molar-refractivity contribution in [2.75, 3.05) is 13.7 Å². The molecule has 2 N–H and O–H groups in total. The molecule has 0 unspecified atom stereocenters. The third kappa shape index (κ3) is 5.39. The fraction of sp³-hybridized carbons (Fsp3) is 0.357. The van der Waals surface area contributed by atoms with Crippen LogP contribution in [0.5, 0.6) is 5.75 Å². The van der Waals surface area contributed by atoms with Gasteiger partial charge in [0, 0.05) is 12.7 Å². The maximum Gasteiger partial charge on any atom is 0.318 e. The van der Waals surface area contributed by atoms with Gasteiger partial charge in [-0.2, -0.15) is 0 Å². The molecule has 1 rings (SSSR count). The Bertz CT molecular complexity index is 385. The molecule has 98 valence electrons. The lowest BCUT2D eigenvalue weighted by atomic mass is 10.1. The van der Waals surface area contributed by atoms with Crippen LogP contribution in [0.1, 0.15) is 18.9 Å². The molecule has 0 aliphatic rings. The average Bonchev–Trinajstić information content (AvgIpc) is 2.40. The molecule has 0 spiro atoms. The van der Waals surface area contributed by atoms with Crippen LogP contribution in [0.15, 0.2) is 36.5 Å². The smallest absolute Gasteiger partial charge is 0.318 e. The van der Waals surface area contributed by atoms with Crippen molar-refractivity contribution in [2.24, 2.45) is 0 Å². The van der Waals surface area contributed by atoms with Crippen molar-refractivity contribution in [1.82, 2.24) is 10.6 Å². The standard InChI is InChI=1S/C14H20N2O2/c1-3-4-10-15-14(17)16-11-9-12-5-7-13(18-2)8-6-12/h4-8,10H,3,9,11H2,1-2H3,(H2,15,16,17)/b10-4+. The molecule has 18 heavy (non-hydrogen) atoms. The maximum atomic E-state index is 11.3. The molecular formula is C14H20N2O2. The molecule has 2 amide bonds. The fourth-order valence-electron chi connectivity index (χ4n) is 1.42. The number of hydrogen-bond donors (Lipinski definition) is 2. The molecule has 4 nitrogen and oxygen atoms in total. The molecule has 0 radical (unpaired) electrons. The molecule has 1 aromatic rings. The van der Waals surface area contributed by atoms with Crippen LogP contribution in [0, 0.1) is 0 Å².